The lowest BCUT2D eigenvalue weighted by atomic mass is 9.59. The van der Waals surface area contributed by atoms with Gasteiger partial charge in [0.05, 0.1) is 0 Å². The number of amides is 1. The van der Waals surface area contributed by atoms with Crippen molar-refractivity contribution in [2.75, 3.05) is 6.61 Å². The highest BCUT2D eigenvalue weighted by Crippen LogP contribution is 2.54. The normalized spacial score (nSPS) is 28.6. The van der Waals surface area contributed by atoms with Crippen molar-refractivity contribution in [1.29, 1.82) is 0 Å². The van der Waals surface area contributed by atoms with Crippen LogP contribution in [0.15, 0.2) is 18.3 Å². The molecule has 0 aromatic carbocycles. The average Bonchev–Trinajstić information content (AvgIpc) is 2.59. The molecule has 3 aliphatic carbocycles. The number of ether oxygens (including phenoxy) is 1. The molecule has 0 radical (unpaired) electrons. The summed E-state index contributed by atoms with van der Waals surface area (Å²) in [5, 5.41) is 2.83. The van der Waals surface area contributed by atoms with Crippen molar-refractivity contribution in [3.8, 4) is 5.88 Å². The van der Waals surface area contributed by atoms with Crippen molar-refractivity contribution in [3.63, 3.8) is 0 Å². The second kappa shape index (κ2) is 6.46. The molecule has 0 unspecified atom stereocenters. The number of carbonyl (C=O) groups excluding carboxylic acids is 1. The molecule has 3 saturated carbocycles. The summed E-state index contributed by atoms with van der Waals surface area (Å²) in [6, 6.07) is 2.98. The fourth-order valence-electron chi connectivity index (χ4n) is 3.65. The first kappa shape index (κ1) is 17.9. The molecule has 0 spiro atoms. The van der Waals surface area contributed by atoms with Crippen LogP contribution in [0.2, 0.25) is 0 Å². The van der Waals surface area contributed by atoms with Crippen LogP contribution in [0.3, 0.4) is 0 Å². The van der Waals surface area contributed by atoms with Gasteiger partial charge >= 0.3 is 6.18 Å². The average molecular weight is 360 g/mol. The molecule has 138 valence electrons. The smallest absolute Gasteiger partial charge is 0.422 e. The highest BCUT2D eigenvalue weighted by atomic mass is 19.4. The van der Waals surface area contributed by atoms with E-state index in [0.717, 1.165) is 0 Å². The molecule has 3 aliphatic rings. The Hall–Kier alpha value is -1.86. The van der Waals surface area contributed by atoms with Crippen LogP contribution in [0.5, 0.6) is 5.88 Å². The SMILES string of the molecule is O=C(NCc1ccnc(OCC(F)(F)F)c1)C12CCC(F)(CC1)CC2. The molecule has 25 heavy (non-hydrogen) atoms. The Morgan fingerprint density at radius 1 is 1.20 bits per heavy atom. The van der Waals surface area contributed by atoms with Gasteiger partial charge in [-0.15, -0.1) is 0 Å². The lowest BCUT2D eigenvalue weighted by molar-refractivity contribution is -0.154. The van der Waals surface area contributed by atoms with Crippen LogP contribution < -0.4 is 10.1 Å². The summed E-state index contributed by atoms with van der Waals surface area (Å²) in [5.74, 6) is -0.247. The quantitative estimate of drug-likeness (QED) is 0.815. The molecule has 1 aromatic heterocycles. The second-order valence-electron chi connectivity index (χ2n) is 7.02. The zero-order valence-corrected chi connectivity index (χ0v) is 13.7. The van der Waals surface area contributed by atoms with Crippen molar-refractivity contribution in [2.24, 2.45) is 5.41 Å². The van der Waals surface area contributed by atoms with E-state index in [2.05, 4.69) is 15.0 Å². The lowest BCUT2D eigenvalue weighted by Crippen LogP contribution is -2.51. The van der Waals surface area contributed by atoms with E-state index >= 15 is 0 Å². The number of nitrogens with zero attached hydrogens (tertiary/aromatic N) is 1. The summed E-state index contributed by atoms with van der Waals surface area (Å²) in [7, 11) is 0. The number of nitrogens with one attached hydrogen (secondary N) is 1. The van der Waals surface area contributed by atoms with Gasteiger partial charge in [-0.2, -0.15) is 13.2 Å². The Kier molecular flexibility index (Phi) is 4.64. The van der Waals surface area contributed by atoms with Gasteiger partial charge in [0.15, 0.2) is 6.61 Å². The molecule has 4 rings (SSSR count). The first-order valence-electron chi connectivity index (χ1n) is 8.32. The predicted octanol–water partition coefficient (Wildman–Crippen LogP) is 3.70. The minimum atomic E-state index is -4.43. The zero-order chi connectivity index (χ0) is 18.1. The first-order valence-corrected chi connectivity index (χ1v) is 8.32. The summed E-state index contributed by atoms with van der Waals surface area (Å²) in [6.07, 6.45) is -0.187. The van der Waals surface area contributed by atoms with Crippen molar-refractivity contribution < 1.29 is 27.1 Å². The van der Waals surface area contributed by atoms with Gasteiger partial charge in [-0.25, -0.2) is 9.37 Å². The van der Waals surface area contributed by atoms with E-state index in [0.29, 0.717) is 44.1 Å². The van der Waals surface area contributed by atoms with E-state index in [1.54, 1.807) is 6.07 Å². The van der Waals surface area contributed by atoms with Crippen molar-refractivity contribution in [1.82, 2.24) is 10.3 Å². The predicted molar refractivity (Wildman–Crippen MR) is 81.6 cm³/mol. The monoisotopic (exact) mass is 360 g/mol. The third-order valence-electron chi connectivity index (χ3n) is 5.27. The van der Waals surface area contributed by atoms with Crippen LogP contribution in [0.25, 0.3) is 0 Å². The Bertz CT molecular complexity index is 623. The van der Waals surface area contributed by atoms with Gasteiger partial charge in [0, 0.05) is 24.2 Å². The summed E-state index contributed by atoms with van der Waals surface area (Å²) in [6.45, 7) is -1.24. The zero-order valence-electron chi connectivity index (χ0n) is 13.7. The van der Waals surface area contributed by atoms with Crippen LogP contribution in [0.1, 0.15) is 44.1 Å². The maximum atomic E-state index is 14.2. The number of pyridine rings is 1. The maximum absolute atomic E-state index is 14.2. The van der Waals surface area contributed by atoms with E-state index in [4.69, 9.17) is 0 Å². The Labute approximate surface area is 143 Å². The highest BCUT2D eigenvalue weighted by molar-refractivity contribution is 5.83. The Balaban J connectivity index is 1.56. The van der Waals surface area contributed by atoms with E-state index in [1.807, 2.05) is 0 Å². The summed E-state index contributed by atoms with van der Waals surface area (Å²) in [5.41, 5.74) is -1.00. The molecule has 1 aromatic rings. The van der Waals surface area contributed by atoms with Crippen LogP contribution in [0, 0.1) is 5.41 Å². The molecule has 4 nitrogen and oxygen atoms in total. The number of carbonyl (C=O) groups is 1. The largest absolute Gasteiger partial charge is 0.468 e. The van der Waals surface area contributed by atoms with E-state index in [1.165, 1.54) is 12.3 Å². The number of hydrogen-bond acceptors (Lipinski definition) is 3. The fraction of sp³-hybridized carbons (Fsp3) is 0.647. The summed E-state index contributed by atoms with van der Waals surface area (Å²) >= 11 is 0. The Morgan fingerprint density at radius 3 is 2.44 bits per heavy atom. The van der Waals surface area contributed by atoms with Gasteiger partial charge < -0.3 is 10.1 Å². The molecular weight excluding hydrogens is 340 g/mol. The number of halogens is 4. The standard InChI is InChI=1S/C17H20F4N2O2/c18-16-5-2-15(3-6-16,4-7-16)14(24)23-10-12-1-8-22-13(9-12)25-11-17(19,20)21/h1,8-9H,2-7,10-11H2,(H,23,24). The van der Waals surface area contributed by atoms with Gasteiger partial charge in [-0.05, 0) is 50.2 Å². The molecule has 1 heterocycles. The lowest BCUT2D eigenvalue weighted by Gasteiger charge is -2.48. The van der Waals surface area contributed by atoms with E-state index < -0.39 is 23.9 Å². The fourth-order valence-corrected chi connectivity index (χ4v) is 3.65. The molecule has 0 atom stereocenters. The summed E-state index contributed by atoms with van der Waals surface area (Å²) in [4.78, 5) is 16.3. The molecule has 1 N–H and O–H groups in total. The first-order chi connectivity index (χ1) is 11.7. The minimum absolute atomic E-state index is 0.108. The van der Waals surface area contributed by atoms with E-state index in [9.17, 15) is 22.4 Å². The number of fused-ring (bicyclic) bond motifs is 3. The third-order valence-corrected chi connectivity index (χ3v) is 5.27. The molecule has 0 aliphatic heterocycles. The van der Waals surface area contributed by atoms with Gasteiger partial charge in [0.1, 0.15) is 5.67 Å². The molecule has 3 fully saturated rings. The van der Waals surface area contributed by atoms with Gasteiger partial charge in [-0.1, -0.05) is 0 Å². The van der Waals surface area contributed by atoms with Crippen LogP contribution in [0.4, 0.5) is 17.6 Å². The van der Waals surface area contributed by atoms with Gasteiger partial charge in [0.25, 0.3) is 0 Å². The maximum Gasteiger partial charge on any atom is 0.422 e. The number of rotatable bonds is 5. The van der Waals surface area contributed by atoms with Crippen molar-refractivity contribution >= 4 is 5.91 Å². The molecule has 1 amide bonds. The van der Waals surface area contributed by atoms with Gasteiger partial charge in [0.2, 0.25) is 11.8 Å². The minimum Gasteiger partial charge on any atom is -0.468 e. The van der Waals surface area contributed by atoms with E-state index in [-0.39, 0.29) is 18.3 Å². The topological polar surface area (TPSA) is 51.2 Å². The van der Waals surface area contributed by atoms with Crippen LogP contribution in [-0.4, -0.2) is 29.3 Å². The summed E-state index contributed by atoms with van der Waals surface area (Å²) < 4.78 is 55.3. The second-order valence-corrected chi connectivity index (χ2v) is 7.02. The number of alkyl halides is 4. The molecule has 0 saturated heterocycles. The van der Waals surface area contributed by atoms with Crippen LogP contribution >= 0.6 is 0 Å². The van der Waals surface area contributed by atoms with Gasteiger partial charge in [-0.3, -0.25) is 4.79 Å². The molecular formula is C17H20F4N2O2. The van der Waals surface area contributed by atoms with Crippen molar-refractivity contribution in [2.45, 2.75) is 56.9 Å². The molecule has 2 bridgehead atoms. The Morgan fingerprint density at radius 2 is 1.84 bits per heavy atom. The molecule has 8 heteroatoms. The number of hydrogen-bond donors (Lipinski definition) is 1. The van der Waals surface area contributed by atoms with Crippen molar-refractivity contribution in [3.05, 3.63) is 23.9 Å². The third kappa shape index (κ3) is 4.22. The number of aromatic nitrogens is 1. The highest BCUT2D eigenvalue weighted by Gasteiger charge is 2.52. The van der Waals surface area contributed by atoms with Crippen LogP contribution in [-0.2, 0) is 11.3 Å².